The molecule has 5 nitrogen and oxygen atoms in total. The molecule has 0 unspecified atom stereocenters. The highest BCUT2D eigenvalue weighted by Crippen LogP contribution is 2.37. The van der Waals surface area contributed by atoms with Crippen molar-refractivity contribution in [3.05, 3.63) is 18.0 Å². The third-order valence-electron chi connectivity index (χ3n) is 3.34. The third-order valence-corrected chi connectivity index (χ3v) is 5.13. The zero-order valence-corrected chi connectivity index (χ0v) is 12.5. The highest BCUT2D eigenvalue weighted by Gasteiger charge is 2.29. The summed E-state index contributed by atoms with van der Waals surface area (Å²) in [7, 11) is -1.85. The lowest BCUT2D eigenvalue weighted by atomic mass is 10.2. The molecule has 1 aliphatic carbocycles. The Bertz CT molecular complexity index is 544. The Morgan fingerprint density at radius 2 is 2.11 bits per heavy atom. The van der Waals surface area contributed by atoms with Crippen molar-refractivity contribution in [2.45, 2.75) is 44.2 Å². The maximum Gasteiger partial charge on any atom is 0.244 e. The van der Waals surface area contributed by atoms with Gasteiger partial charge in [0.1, 0.15) is 4.90 Å². The van der Waals surface area contributed by atoms with Gasteiger partial charge in [0, 0.05) is 31.5 Å². The van der Waals surface area contributed by atoms with Gasteiger partial charge in [0.25, 0.3) is 0 Å². The van der Waals surface area contributed by atoms with Crippen LogP contribution in [0.3, 0.4) is 0 Å². The van der Waals surface area contributed by atoms with Gasteiger partial charge in [-0.3, -0.25) is 0 Å². The van der Waals surface area contributed by atoms with Crippen LogP contribution in [0.4, 0.5) is 0 Å². The van der Waals surface area contributed by atoms with Gasteiger partial charge in [0.15, 0.2) is 0 Å². The standard InChI is InChI=1S/C13H22N2O3S/c1-10(2)7-14(3)19(17,18)13-6-12(9-16)15(8-13)11-4-5-11/h6,8,10-11,16H,4-5,7,9H2,1-3H3. The monoisotopic (exact) mass is 286 g/mol. The van der Waals surface area contributed by atoms with Gasteiger partial charge < -0.3 is 9.67 Å². The molecule has 1 aliphatic rings. The fraction of sp³-hybridized carbons (Fsp3) is 0.692. The first-order valence-electron chi connectivity index (χ1n) is 6.64. The lowest BCUT2D eigenvalue weighted by molar-refractivity contribution is 0.270. The average Bonchev–Trinajstić information content (AvgIpc) is 3.07. The zero-order valence-electron chi connectivity index (χ0n) is 11.7. The van der Waals surface area contributed by atoms with Crippen LogP contribution < -0.4 is 0 Å². The first kappa shape index (κ1) is 14.6. The highest BCUT2D eigenvalue weighted by atomic mass is 32.2. The minimum atomic E-state index is -3.45. The molecule has 1 fully saturated rings. The van der Waals surface area contributed by atoms with Crippen LogP contribution in [0.15, 0.2) is 17.2 Å². The Kier molecular flexibility index (Phi) is 4.03. The lowest BCUT2D eigenvalue weighted by Gasteiger charge is -2.18. The second-order valence-corrected chi connectivity index (χ2v) is 7.69. The Morgan fingerprint density at radius 1 is 1.47 bits per heavy atom. The van der Waals surface area contributed by atoms with Crippen LogP contribution in [0, 0.1) is 5.92 Å². The van der Waals surface area contributed by atoms with Crippen molar-refractivity contribution in [1.82, 2.24) is 8.87 Å². The fourth-order valence-corrected chi connectivity index (χ4v) is 3.64. The van der Waals surface area contributed by atoms with E-state index in [-0.39, 0.29) is 17.4 Å². The molecule has 2 rings (SSSR count). The van der Waals surface area contributed by atoms with E-state index in [1.54, 1.807) is 19.3 Å². The van der Waals surface area contributed by atoms with Crippen molar-refractivity contribution in [1.29, 1.82) is 0 Å². The van der Waals surface area contributed by atoms with Gasteiger partial charge >= 0.3 is 0 Å². The molecule has 6 heteroatoms. The molecule has 19 heavy (non-hydrogen) atoms. The van der Waals surface area contributed by atoms with E-state index in [1.165, 1.54) is 4.31 Å². The quantitative estimate of drug-likeness (QED) is 0.864. The number of aliphatic hydroxyl groups is 1. The summed E-state index contributed by atoms with van der Waals surface area (Å²) in [5.41, 5.74) is 0.680. The summed E-state index contributed by atoms with van der Waals surface area (Å²) >= 11 is 0. The molecule has 0 aliphatic heterocycles. The number of aromatic nitrogens is 1. The molecule has 0 saturated heterocycles. The molecular formula is C13H22N2O3S. The van der Waals surface area contributed by atoms with Crippen LogP contribution in [0.5, 0.6) is 0 Å². The van der Waals surface area contributed by atoms with Crippen molar-refractivity contribution in [3.8, 4) is 0 Å². The number of rotatable bonds is 6. The molecule has 0 bridgehead atoms. The Labute approximate surface area is 114 Å². The number of aliphatic hydroxyl groups excluding tert-OH is 1. The molecule has 1 saturated carbocycles. The summed E-state index contributed by atoms with van der Waals surface area (Å²) in [5, 5.41) is 9.33. The fourth-order valence-electron chi connectivity index (χ4n) is 2.25. The minimum absolute atomic E-state index is 0.125. The van der Waals surface area contributed by atoms with E-state index in [0.29, 0.717) is 18.3 Å². The topological polar surface area (TPSA) is 62.5 Å². The van der Waals surface area contributed by atoms with Gasteiger partial charge in [-0.15, -0.1) is 0 Å². The van der Waals surface area contributed by atoms with E-state index >= 15 is 0 Å². The maximum absolute atomic E-state index is 12.4. The number of nitrogens with zero attached hydrogens (tertiary/aromatic N) is 2. The summed E-state index contributed by atoms with van der Waals surface area (Å²) in [6.45, 7) is 4.34. The van der Waals surface area contributed by atoms with Crippen molar-refractivity contribution in [3.63, 3.8) is 0 Å². The largest absolute Gasteiger partial charge is 0.390 e. The zero-order chi connectivity index (χ0) is 14.2. The number of sulfonamides is 1. The summed E-state index contributed by atoms with van der Waals surface area (Å²) in [5.74, 6) is 0.280. The van der Waals surface area contributed by atoms with Crippen molar-refractivity contribution >= 4 is 10.0 Å². The highest BCUT2D eigenvalue weighted by molar-refractivity contribution is 7.89. The summed E-state index contributed by atoms with van der Waals surface area (Å²) in [6, 6.07) is 1.95. The SMILES string of the molecule is CC(C)CN(C)S(=O)(=O)c1cc(CO)n(C2CC2)c1. The summed E-state index contributed by atoms with van der Waals surface area (Å²) < 4.78 is 28.1. The van der Waals surface area contributed by atoms with Gasteiger partial charge in [0.05, 0.1) is 6.61 Å². The van der Waals surface area contributed by atoms with E-state index in [4.69, 9.17) is 0 Å². The molecule has 1 N–H and O–H groups in total. The molecule has 1 aromatic heterocycles. The number of hydrogen-bond donors (Lipinski definition) is 1. The van der Waals surface area contributed by atoms with E-state index < -0.39 is 10.0 Å². The van der Waals surface area contributed by atoms with E-state index in [9.17, 15) is 13.5 Å². The van der Waals surface area contributed by atoms with Gasteiger partial charge in [-0.25, -0.2) is 12.7 Å². The second kappa shape index (κ2) is 5.26. The van der Waals surface area contributed by atoms with Crippen LogP contribution in [-0.4, -0.2) is 36.0 Å². The Hall–Kier alpha value is -0.850. The average molecular weight is 286 g/mol. The van der Waals surface area contributed by atoms with Gasteiger partial charge in [-0.05, 0) is 24.8 Å². The van der Waals surface area contributed by atoms with Crippen molar-refractivity contribution < 1.29 is 13.5 Å². The first-order valence-corrected chi connectivity index (χ1v) is 8.08. The van der Waals surface area contributed by atoms with Gasteiger partial charge in [-0.2, -0.15) is 0 Å². The Morgan fingerprint density at radius 3 is 2.58 bits per heavy atom. The maximum atomic E-state index is 12.4. The molecule has 0 amide bonds. The second-order valence-electron chi connectivity index (χ2n) is 5.64. The molecule has 0 atom stereocenters. The molecule has 1 aromatic rings. The van der Waals surface area contributed by atoms with E-state index in [1.807, 2.05) is 18.4 Å². The lowest BCUT2D eigenvalue weighted by Crippen LogP contribution is -2.30. The smallest absolute Gasteiger partial charge is 0.244 e. The van der Waals surface area contributed by atoms with Crippen molar-refractivity contribution in [2.75, 3.05) is 13.6 Å². The van der Waals surface area contributed by atoms with E-state index in [0.717, 1.165) is 12.8 Å². The molecule has 1 heterocycles. The van der Waals surface area contributed by atoms with Crippen LogP contribution in [0.2, 0.25) is 0 Å². The molecule has 0 aromatic carbocycles. The summed E-state index contributed by atoms with van der Waals surface area (Å²) in [4.78, 5) is 0.284. The first-order chi connectivity index (χ1) is 8.86. The molecule has 0 spiro atoms. The normalized spacial score (nSPS) is 16.5. The predicted octanol–water partition coefficient (Wildman–Crippen LogP) is 1.59. The van der Waals surface area contributed by atoms with Crippen LogP contribution in [0.1, 0.15) is 38.4 Å². The Balaban J connectivity index is 2.29. The van der Waals surface area contributed by atoms with Crippen LogP contribution in [-0.2, 0) is 16.6 Å². The molecule has 0 radical (unpaired) electrons. The van der Waals surface area contributed by atoms with E-state index in [2.05, 4.69) is 0 Å². The summed E-state index contributed by atoms with van der Waals surface area (Å²) in [6.07, 6.45) is 3.78. The van der Waals surface area contributed by atoms with Gasteiger partial charge in [-0.1, -0.05) is 13.8 Å². The van der Waals surface area contributed by atoms with Crippen LogP contribution >= 0.6 is 0 Å². The third kappa shape index (κ3) is 3.01. The van der Waals surface area contributed by atoms with Crippen LogP contribution in [0.25, 0.3) is 0 Å². The number of hydrogen-bond acceptors (Lipinski definition) is 3. The molecule has 108 valence electrons. The minimum Gasteiger partial charge on any atom is -0.390 e. The molecular weight excluding hydrogens is 264 g/mol. The van der Waals surface area contributed by atoms with Gasteiger partial charge in [0.2, 0.25) is 10.0 Å². The predicted molar refractivity (Wildman–Crippen MR) is 73.3 cm³/mol. The van der Waals surface area contributed by atoms with Crippen molar-refractivity contribution in [2.24, 2.45) is 5.92 Å².